The van der Waals surface area contributed by atoms with Gasteiger partial charge in [-0.05, 0) is 18.0 Å². The molecule has 2 rings (SSSR count). The maximum atomic E-state index is 11.5. The number of nitrogens with zero attached hydrogens (tertiary/aromatic N) is 2. The van der Waals surface area contributed by atoms with Crippen LogP contribution in [0.4, 0.5) is 10.8 Å². The zero-order valence-corrected chi connectivity index (χ0v) is 9.66. The Morgan fingerprint density at radius 3 is 3.06 bits per heavy atom. The van der Waals surface area contributed by atoms with E-state index in [1.54, 1.807) is 0 Å². The number of aliphatic hydroxyl groups excluding tert-OH is 1. The van der Waals surface area contributed by atoms with Crippen molar-refractivity contribution in [1.29, 1.82) is 0 Å². The first-order chi connectivity index (χ1) is 7.63. The number of anilines is 2. The van der Waals surface area contributed by atoms with E-state index in [-0.39, 0.29) is 11.9 Å². The lowest BCUT2D eigenvalue weighted by Gasteiger charge is -2.15. The van der Waals surface area contributed by atoms with Crippen molar-refractivity contribution >= 4 is 28.3 Å². The Labute approximate surface area is 96.8 Å². The van der Waals surface area contributed by atoms with Gasteiger partial charge in [-0.3, -0.25) is 0 Å². The molecule has 0 saturated carbocycles. The molecule has 0 amide bonds. The number of carbonyl (C=O) groups excluding carboxylic acids is 1. The monoisotopic (exact) mass is 243 g/mol. The molecule has 7 heteroatoms. The smallest absolute Gasteiger partial charge is 0.344 e. The third-order valence-electron chi connectivity index (χ3n) is 2.54. The molecular formula is C9H13N3O3S. The second-order valence-corrected chi connectivity index (χ2v) is 4.38. The Morgan fingerprint density at radius 2 is 2.50 bits per heavy atom. The number of nitrogens with two attached hydrogens (primary N) is 1. The lowest BCUT2D eigenvalue weighted by Crippen LogP contribution is -2.22. The molecule has 16 heavy (non-hydrogen) atoms. The van der Waals surface area contributed by atoms with Crippen molar-refractivity contribution in [1.82, 2.24) is 4.37 Å². The van der Waals surface area contributed by atoms with Gasteiger partial charge >= 0.3 is 5.97 Å². The third kappa shape index (κ3) is 1.83. The Bertz CT molecular complexity index is 407. The predicted octanol–water partition coefficient (Wildman–Crippen LogP) is 0.0829. The Morgan fingerprint density at radius 1 is 1.75 bits per heavy atom. The zero-order chi connectivity index (χ0) is 11.7. The molecule has 0 aliphatic carbocycles. The largest absolute Gasteiger partial charge is 0.465 e. The van der Waals surface area contributed by atoms with E-state index in [9.17, 15) is 9.90 Å². The van der Waals surface area contributed by atoms with E-state index in [0.29, 0.717) is 30.1 Å². The van der Waals surface area contributed by atoms with Gasteiger partial charge in [0.2, 0.25) is 0 Å². The number of hydrogen-bond donors (Lipinski definition) is 2. The van der Waals surface area contributed by atoms with Crippen molar-refractivity contribution < 1.29 is 14.6 Å². The Hall–Kier alpha value is -1.34. The highest BCUT2D eigenvalue weighted by atomic mass is 32.1. The normalized spacial score (nSPS) is 20.1. The predicted molar refractivity (Wildman–Crippen MR) is 60.7 cm³/mol. The van der Waals surface area contributed by atoms with Crippen LogP contribution in [0.5, 0.6) is 0 Å². The van der Waals surface area contributed by atoms with Gasteiger partial charge in [0, 0.05) is 13.1 Å². The van der Waals surface area contributed by atoms with Gasteiger partial charge in [-0.1, -0.05) is 0 Å². The zero-order valence-electron chi connectivity index (χ0n) is 8.84. The van der Waals surface area contributed by atoms with Crippen molar-refractivity contribution in [2.45, 2.75) is 12.5 Å². The highest BCUT2D eigenvalue weighted by molar-refractivity contribution is 7.11. The number of aliphatic hydroxyl groups is 1. The average Bonchev–Trinajstić information content (AvgIpc) is 2.83. The molecule has 1 atom stereocenters. The maximum Gasteiger partial charge on any atom is 0.344 e. The van der Waals surface area contributed by atoms with Gasteiger partial charge < -0.3 is 20.5 Å². The summed E-state index contributed by atoms with van der Waals surface area (Å²) in [6.45, 7) is 1.21. The summed E-state index contributed by atoms with van der Waals surface area (Å²) in [5.74, 6) is -0.295. The second-order valence-electron chi connectivity index (χ2n) is 3.63. The van der Waals surface area contributed by atoms with E-state index in [1.807, 2.05) is 4.90 Å². The van der Waals surface area contributed by atoms with Crippen LogP contribution in [0.2, 0.25) is 0 Å². The topological polar surface area (TPSA) is 88.7 Å². The minimum Gasteiger partial charge on any atom is -0.465 e. The van der Waals surface area contributed by atoms with Gasteiger partial charge in [-0.15, -0.1) is 0 Å². The SMILES string of the molecule is COC(=O)c1c(N)nsc1N1CCC(O)C1. The molecule has 1 aliphatic rings. The molecule has 0 aromatic carbocycles. The standard InChI is InChI=1S/C9H13N3O3S/c1-15-9(14)6-7(10)11-16-8(6)12-3-2-5(13)4-12/h5,13H,2-4H2,1H3,(H2,10,11). The lowest BCUT2D eigenvalue weighted by molar-refractivity contribution is 0.0603. The minimum absolute atomic E-state index is 0.188. The molecule has 2 heterocycles. The van der Waals surface area contributed by atoms with Gasteiger partial charge in [0.15, 0.2) is 5.82 Å². The van der Waals surface area contributed by atoms with Crippen molar-refractivity contribution in [3.63, 3.8) is 0 Å². The minimum atomic E-state index is -0.484. The number of rotatable bonds is 2. The third-order valence-corrected chi connectivity index (χ3v) is 3.46. The van der Waals surface area contributed by atoms with Crippen molar-refractivity contribution in [2.75, 3.05) is 30.8 Å². The second kappa shape index (κ2) is 4.26. The van der Waals surface area contributed by atoms with Crippen LogP contribution in [0.25, 0.3) is 0 Å². The van der Waals surface area contributed by atoms with E-state index in [1.165, 1.54) is 7.11 Å². The molecule has 6 nitrogen and oxygen atoms in total. The molecule has 88 valence electrons. The fourth-order valence-electron chi connectivity index (χ4n) is 1.73. The highest BCUT2D eigenvalue weighted by Gasteiger charge is 2.28. The van der Waals surface area contributed by atoms with Crippen LogP contribution in [0.1, 0.15) is 16.8 Å². The summed E-state index contributed by atoms with van der Waals surface area (Å²) in [4.78, 5) is 13.4. The molecule has 0 bridgehead atoms. The van der Waals surface area contributed by atoms with Crippen LogP contribution in [-0.4, -0.2) is 41.8 Å². The summed E-state index contributed by atoms with van der Waals surface area (Å²) in [5, 5.41) is 10.1. The fourth-order valence-corrected chi connectivity index (χ4v) is 2.57. The number of aromatic nitrogens is 1. The summed E-state index contributed by atoms with van der Waals surface area (Å²) in [7, 11) is 1.31. The first kappa shape index (κ1) is 11.2. The number of esters is 1. The van der Waals surface area contributed by atoms with E-state index >= 15 is 0 Å². The number of hydrogen-bond acceptors (Lipinski definition) is 7. The molecule has 1 fully saturated rings. The van der Waals surface area contributed by atoms with Crippen LogP contribution in [0.15, 0.2) is 0 Å². The van der Waals surface area contributed by atoms with Crippen molar-refractivity contribution in [3.8, 4) is 0 Å². The van der Waals surface area contributed by atoms with Crippen LogP contribution in [0.3, 0.4) is 0 Å². The fraction of sp³-hybridized carbons (Fsp3) is 0.556. The number of nitrogen functional groups attached to an aromatic ring is 1. The number of methoxy groups -OCH3 is 1. The summed E-state index contributed by atoms with van der Waals surface area (Å²) >= 11 is 1.16. The summed E-state index contributed by atoms with van der Waals surface area (Å²) < 4.78 is 8.61. The van der Waals surface area contributed by atoms with E-state index < -0.39 is 5.97 Å². The van der Waals surface area contributed by atoms with Crippen molar-refractivity contribution in [3.05, 3.63) is 5.56 Å². The van der Waals surface area contributed by atoms with Gasteiger partial charge in [0.05, 0.1) is 13.2 Å². The van der Waals surface area contributed by atoms with Gasteiger partial charge in [0.25, 0.3) is 0 Å². The van der Waals surface area contributed by atoms with Gasteiger partial charge in [-0.2, -0.15) is 4.37 Å². The van der Waals surface area contributed by atoms with E-state index in [2.05, 4.69) is 9.11 Å². The molecular weight excluding hydrogens is 230 g/mol. The van der Waals surface area contributed by atoms with Crippen molar-refractivity contribution in [2.24, 2.45) is 0 Å². The molecule has 1 saturated heterocycles. The Kier molecular flexibility index (Phi) is 2.97. The molecule has 1 aromatic rings. The van der Waals surface area contributed by atoms with Gasteiger partial charge in [0.1, 0.15) is 10.6 Å². The number of ether oxygens (including phenoxy) is 1. The van der Waals surface area contributed by atoms with E-state index in [4.69, 9.17) is 5.73 Å². The Balaban J connectivity index is 2.31. The van der Waals surface area contributed by atoms with Crippen LogP contribution in [-0.2, 0) is 4.74 Å². The molecule has 0 spiro atoms. The maximum absolute atomic E-state index is 11.5. The summed E-state index contributed by atoms with van der Waals surface area (Å²) in [5.41, 5.74) is 5.94. The molecule has 1 unspecified atom stereocenters. The molecule has 1 aromatic heterocycles. The summed E-state index contributed by atoms with van der Waals surface area (Å²) in [6.07, 6.45) is 0.340. The van der Waals surface area contributed by atoms with Gasteiger partial charge in [-0.25, -0.2) is 4.79 Å². The van der Waals surface area contributed by atoms with Crippen LogP contribution < -0.4 is 10.6 Å². The van der Waals surface area contributed by atoms with Crippen LogP contribution >= 0.6 is 11.5 Å². The first-order valence-electron chi connectivity index (χ1n) is 4.90. The quantitative estimate of drug-likeness (QED) is 0.715. The molecule has 3 N–H and O–H groups in total. The lowest BCUT2D eigenvalue weighted by atomic mass is 10.3. The van der Waals surface area contributed by atoms with E-state index in [0.717, 1.165) is 11.5 Å². The first-order valence-corrected chi connectivity index (χ1v) is 5.67. The number of β-amino-alcohol motifs (C(OH)–C–C–N with tert-alkyl or cyclic N) is 1. The molecule has 1 aliphatic heterocycles. The summed E-state index contributed by atoms with van der Waals surface area (Å²) in [6, 6.07) is 0. The highest BCUT2D eigenvalue weighted by Crippen LogP contribution is 2.33. The average molecular weight is 243 g/mol. The van der Waals surface area contributed by atoms with Crippen LogP contribution in [0, 0.1) is 0 Å². The number of carbonyl (C=O) groups is 1. The molecule has 0 radical (unpaired) electrons.